The molecule has 110 valence electrons. The second-order valence-electron chi connectivity index (χ2n) is 6.07. The Morgan fingerprint density at radius 3 is 2.68 bits per heavy atom. The summed E-state index contributed by atoms with van der Waals surface area (Å²) < 4.78 is 5.72. The van der Waals surface area contributed by atoms with Crippen LogP contribution >= 0.6 is 0 Å². The molecule has 0 aromatic heterocycles. The number of nitrogens with zero attached hydrogens (tertiary/aromatic N) is 2. The Hall–Kier alpha value is -0.630. The topological polar surface area (TPSA) is 48.3 Å². The summed E-state index contributed by atoms with van der Waals surface area (Å²) in [4.78, 5) is 2.45. The normalized spacial score (nSPS) is 22.7. The number of nitrogens with one attached hydrogen (secondary N) is 1. The van der Waals surface area contributed by atoms with E-state index in [9.17, 15) is 5.26 Å². The Labute approximate surface area is 118 Å². The molecule has 0 aliphatic carbocycles. The first-order chi connectivity index (χ1) is 8.97. The Balaban J connectivity index is 2.38. The number of ether oxygens (including phenoxy) is 1. The van der Waals surface area contributed by atoms with Gasteiger partial charge in [0.1, 0.15) is 5.54 Å². The van der Waals surface area contributed by atoms with Crippen LogP contribution in [0.25, 0.3) is 0 Å². The standard InChI is InChI=1S/C15H29N3O/c1-5-15(12-16,17-6-2)8-7-9-18-10-11-19-14(3,4)13-18/h17H,5-11,13H2,1-4H3. The van der Waals surface area contributed by atoms with Crippen molar-refractivity contribution in [3.63, 3.8) is 0 Å². The maximum absolute atomic E-state index is 9.38. The lowest BCUT2D eigenvalue weighted by molar-refractivity contribution is -0.0862. The lowest BCUT2D eigenvalue weighted by atomic mass is 9.91. The summed E-state index contributed by atoms with van der Waals surface area (Å²) in [5.74, 6) is 0. The number of rotatable bonds is 7. The maximum atomic E-state index is 9.38. The molecule has 1 atom stereocenters. The van der Waals surface area contributed by atoms with Gasteiger partial charge in [-0.2, -0.15) is 5.26 Å². The van der Waals surface area contributed by atoms with Crippen LogP contribution in [0.1, 0.15) is 47.0 Å². The molecule has 1 aliphatic heterocycles. The number of nitriles is 1. The molecule has 1 heterocycles. The van der Waals surface area contributed by atoms with E-state index in [2.05, 4.69) is 44.0 Å². The Morgan fingerprint density at radius 1 is 1.42 bits per heavy atom. The first kappa shape index (κ1) is 16.4. The van der Waals surface area contributed by atoms with E-state index in [1.54, 1.807) is 0 Å². The first-order valence-corrected chi connectivity index (χ1v) is 7.49. The molecule has 0 bridgehead atoms. The van der Waals surface area contributed by atoms with Crippen molar-refractivity contribution in [1.29, 1.82) is 5.26 Å². The quantitative estimate of drug-likeness (QED) is 0.768. The van der Waals surface area contributed by atoms with Crippen molar-refractivity contribution in [3.05, 3.63) is 0 Å². The zero-order valence-electron chi connectivity index (χ0n) is 13.0. The van der Waals surface area contributed by atoms with Crippen LogP contribution in [0.5, 0.6) is 0 Å². The predicted octanol–water partition coefficient (Wildman–Crippen LogP) is 2.16. The summed E-state index contributed by atoms with van der Waals surface area (Å²) in [6, 6.07) is 2.47. The molecule has 0 spiro atoms. The molecule has 19 heavy (non-hydrogen) atoms. The molecule has 0 amide bonds. The van der Waals surface area contributed by atoms with Crippen molar-refractivity contribution in [2.75, 3.05) is 32.8 Å². The fourth-order valence-electron chi connectivity index (χ4n) is 2.81. The molecule has 1 fully saturated rings. The first-order valence-electron chi connectivity index (χ1n) is 7.49. The highest BCUT2D eigenvalue weighted by Crippen LogP contribution is 2.20. The molecular formula is C15H29N3O. The van der Waals surface area contributed by atoms with Gasteiger partial charge in [-0.3, -0.25) is 10.2 Å². The second kappa shape index (κ2) is 7.23. The Kier molecular flexibility index (Phi) is 6.25. The van der Waals surface area contributed by atoms with E-state index in [4.69, 9.17) is 4.74 Å². The Morgan fingerprint density at radius 2 is 2.16 bits per heavy atom. The van der Waals surface area contributed by atoms with Gasteiger partial charge in [-0.15, -0.1) is 0 Å². The largest absolute Gasteiger partial charge is 0.373 e. The molecule has 4 nitrogen and oxygen atoms in total. The zero-order chi connectivity index (χ0) is 14.4. The third-order valence-corrected chi connectivity index (χ3v) is 3.92. The molecule has 1 unspecified atom stereocenters. The van der Waals surface area contributed by atoms with Gasteiger partial charge in [0, 0.05) is 13.1 Å². The molecular weight excluding hydrogens is 238 g/mol. The highest BCUT2D eigenvalue weighted by molar-refractivity contribution is 5.06. The van der Waals surface area contributed by atoms with Gasteiger partial charge in [-0.05, 0) is 46.2 Å². The molecule has 0 aromatic rings. The van der Waals surface area contributed by atoms with Gasteiger partial charge in [-0.1, -0.05) is 13.8 Å². The minimum absolute atomic E-state index is 0.0308. The minimum atomic E-state index is -0.337. The molecule has 1 N–H and O–H groups in total. The monoisotopic (exact) mass is 267 g/mol. The van der Waals surface area contributed by atoms with Gasteiger partial charge in [0.15, 0.2) is 0 Å². The molecule has 0 saturated carbocycles. The summed E-state index contributed by atoms with van der Waals surface area (Å²) in [6.45, 7) is 13.2. The van der Waals surface area contributed by atoms with Gasteiger partial charge < -0.3 is 4.74 Å². The van der Waals surface area contributed by atoms with Crippen molar-refractivity contribution < 1.29 is 4.74 Å². The van der Waals surface area contributed by atoms with E-state index in [0.717, 1.165) is 52.0 Å². The average molecular weight is 267 g/mol. The minimum Gasteiger partial charge on any atom is -0.373 e. The van der Waals surface area contributed by atoms with Crippen molar-refractivity contribution in [3.8, 4) is 6.07 Å². The SMILES string of the molecule is CCNC(C#N)(CC)CCCN1CCOC(C)(C)C1. The summed E-state index contributed by atoms with van der Waals surface area (Å²) in [5.41, 5.74) is -0.368. The molecule has 1 saturated heterocycles. The third kappa shape index (κ3) is 5.10. The molecule has 0 radical (unpaired) electrons. The fourth-order valence-corrected chi connectivity index (χ4v) is 2.81. The van der Waals surface area contributed by atoms with E-state index in [1.165, 1.54) is 0 Å². The molecule has 4 heteroatoms. The predicted molar refractivity (Wildman–Crippen MR) is 78.0 cm³/mol. The van der Waals surface area contributed by atoms with E-state index in [-0.39, 0.29) is 11.1 Å². The van der Waals surface area contributed by atoms with Crippen molar-refractivity contribution in [1.82, 2.24) is 10.2 Å². The van der Waals surface area contributed by atoms with Crippen molar-refractivity contribution >= 4 is 0 Å². The summed E-state index contributed by atoms with van der Waals surface area (Å²) in [5, 5.41) is 12.7. The maximum Gasteiger partial charge on any atom is 0.106 e. The highest BCUT2D eigenvalue weighted by Gasteiger charge is 2.29. The Bertz CT molecular complexity index is 311. The van der Waals surface area contributed by atoms with Gasteiger partial charge in [0.05, 0.1) is 18.3 Å². The average Bonchev–Trinajstić information content (AvgIpc) is 2.36. The van der Waals surface area contributed by atoms with E-state index in [0.29, 0.717) is 0 Å². The lowest BCUT2D eigenvalue weighted by Gasteiger charge is -2.38. The van der Waals surface area contributed by atoms with Crippen LogP contribution < -0.4 is 5.32 Å². The smallest absolute Gasteiger partial charge is 0.106 e. The van der Waals surface area contributed by atoms with E-state index < -0.39 is 0 Å². The van der Waals surface area contributed by atoms with E-state index >= 15 is 0 Å². The molecule has 0 aromatic carbocycles. The van der Waals surface area contributed by atoms with Crippen molar-refractivity contribution in [2.24, 2.45) is 0 Å². The lowest BCUT2D eigenvalue weighted by Crippen LogP contribution is -2.49. The highest BCUT2D eigenvalue weighted by atomic mass is 16.5. The van der Waals surface area contributed by atoms with Crippen LogP contribution in [0.4, 0.5) is 0 Å². The summed E-state index contributed by atoms with van der Waals surface area (Å²) in [7, 11) is 0. The van der Waals surface area contributed by atoms with Crippen LogP contribution in [0.15, 0.2) is 0 Å². The number of morpholine rings is 1. The van der Waals surface area contributed by atoms with Crippen LogP contribution in [-0.2, 0) is 4.74 Å². The summed E-state index contributed by atoms with van der Waals surface area (Å²) in [6.07, 6.45) is 2.85. The van der Waals surface area contributed by atoms with E-state index in [1.807, 2.05) is 0 Å². The zero-order valence-corrected chi connectivity index (χ0v) is 13.0. The molecule has 1 rings (SSSR count). The number of hydrogen-bond donors (Lipinski definition) is 1. The second-order valence-corrected chi connectivity index (χ2v) is 6.07. The van der Waals surface area contributed by atoms with Crippen LogP contribution in [-0.4, -0.2) is 48.8 Å². The van der Waals surface area contributed by atoms with Gasteiger partial charge in [0.25, 0.3) is 0 Å². The van der Waals surface area contributed by atoms with Gasteiger partial charge in [0.2, 0.25) is 0 Å². The third-order valence-electron chi connectivity index (χ3n) is 3.92. The van der Waals surface area contributed by atoms with Crippen LogP contribution in [0.2, 0.25) is 0 Å². The number of hydrogen-bond acceptors (Lipinski definition) is 4. The van der Waals surface area contributed by atoms with Gasteiger partial charge in [-0.25, -0.2) is 0 Å². The molecule has 1 aliphatic rings. The summed E-state index contributed by atoms with van der Waals surface area (Å²) >= 11 is 0. The van der Waals surface area contributed by atoms with Crippen LogP contribution in [0.3, 0.4) is 0 Å². The van der Waals surface area contributed by atoms with Gasteiger partial charge >= 0.3 is 0 Å². The van der Waals surface area contributed by atoms with Crippen molar-refractivity contribution in [2.45, 2.75) is 58.1 Å². The fraction of sp³-hybridized carbons (Fsp3) is 0.933. The van der Waals surface area contributed by atoms with Crippen LogP contribution in [0, 0.1) is 11.3 Å².